The van der Waals surface area contributed by atoms with Crippen LogP contribution in [0, 0.1) is 11.7 Å². The van der Waals surface area contributed by atoms with Gasteiger partial charge in [-0.15, -0.1) is 5.10 Å². The van der Waals surface area contributed by atoms with Crippen molar-refractivity contribution in [1.29, 1.82) is 0 Å². The highest BCUT2D eigenvalue weighted by Gasteiger charge is 2.47. The number of fused-ring (bicyclic) bond motifs is 1. The van der Waals surface area contributed by atoms with Crippen LogP contribution in [0.5, 0.6) is 0 Å². The molecule has 0 saturated heterocycles. The molecule has 0 unspecified atom stereocenters. The van der Waals surface area contributed by atoms with Gasteiger partial charge in [0.15, 0.2) is 0 Å². The summed E-state index contributed by atoms with van der Waals surface area (Å²) >= 11 is 0. The predicted molar refractivity (Wildman–Crippen MR) is 131 cm³/mol. The first-order valence-corrected chi connectivity index (χ1v) is 13.8. The summed E-state index contributed by atoms with van der Waals surface area (Å²) in [7, 11) is -3.79. The standard InChI is InChI=1S/C24H26F3N7O3S/c1-14(2)34-22(30-31-32-34)20-4-3-5-21(28-20)29-23(35)18-8-17-12-33(7-6-16(17)9-19(18)25)38(36,37)13-15-10-24(26,27)11-15/h3-5,8-9,14-15H,6-7,10-13H2,1-2H3,(H,28,29,35). The maximum atomic E-state index is 14.9. The van der Waals surface area contributed by atoms with Crippen LogP contribution in [-0.4, -0.2) is 62.0 Å². The summed E-state index contributed by atoms with van der Waals surface area (Å²) in [4.78, 5) is 17.4. The summed E-state index contributed by atoms with van der Waals surface area (Å²) in [6, 6.07) is 7.42. The molecule has 1 saturated carbocycles. The summed E-state index contributed by atoms with van der Waals surface area (Å²) in [5.74, 6) is -4.67. The Hall–Kier alpha value is -3.39. The molecule has 0 radical (unpaired) electrons. The van der Waals surface area contributed by atoms with Crippen molar-refractivity contribution >= 4 is 21.7 Å². The molecule has 10 nitrogen and oxygen atoms in total. The molecule has 0 spiro atoms. The molecular weight excluding hydrogens is 523 g/mol. The third kappa shape index (κ3) is 5.27. The summed E-state index contributed by atoms with van der Waals surface area (Å²) in [6.07, 6.45) is -0.621. The quantitative estimate of drug-likeness (QED) is 0.479. The lowest BCUT2D eigenvalue weighted by Gasteiger charge is -2.36. The van der Waals surface area contributed by atoms with Crippen LogP contribution in [0.3, 0.4) is 0 Å². The zero-order valence-electron chi connectivity index (χ0n) is 20.7. The molecule has 2 aliphatic rings. The lowest BCUT2D eigenvalue weighted by atomic mass is 9.83. The summed E-state index contributed by atoms with van der Waals surface area (Å²) < 4.78 is 69.7. The monoisotopic (exact) mass is 549 g/mol. The number of amides is 1. The lowest BCUT2D eigenvalue weighted by molar-refractivity contribution is -0.103. The number of nitrogens with one attached hydrogen (secondary N) is 1. The van der Waals surface area contributed by atoms with Crippen LogP contribution in [0.25, 0.3) is 11.5 Å². The van der Waals surface area contributed by atoms with Gasteiger partial charge in [-0.2, -0.15) is 4.31 Å². The molecule has 1 aliphatic heterocycles. The van der Waals surface area contributed by atoms with Gasteiger partial charge in [0.25, 0.3) is 5.91 Å². The van der Waals surface area contributed by atoms with E-state index in [1.54, 1.807) is 22.9 Å². The lowest BCUT2D eigenvalue weighted by Crippen LogP contribution is -2.44. The number of hydrogen-bond donors (Lipinski definition) is 1. The predicted octanol–water partition coefficient (Wildman–Crippen LogP) is 3.44. The Balaban J connectivity index is 1.32. The molecule has 14 heteroatoms. The van der Waals surface area contributed by atoms with Crippen LogP contribution in [0.2, 0.25) is 0 Å². The summed E-state index contributed by atoms with van der Waals surface area (Å²) in [5, 5.41) is 14.2. The average Bonchev–Trinajstić information content (AvgIpc) is 3.32. The van der Waals surface area contributed by atoms with E-state index in [2.05, 4.69) is 25.8 Å². The maximum Gasteiger partial charge on any atom is 0.259 e. The highest BCUT2D eigenvalue weighted by Crippen LogP contribution is 2.43. The van der Waals surface area contributed by atoms with Crippen LogP contribution < -0.4 is 5.32 Å². The second kappa shape index (κ2) is 9.73. The molecule has 1 amide bonds. The molecule has 1 N–H and O–H groups in total. The number of sulfonamides is 1. The summed E-state index contributed by atoms with van der Waals surface area (Å²) in [5.41, 5.74) is 1.24. The Kier molecular flexibility index (Phi) is 6.71. The highest BCUT2D eigenvalue weighted by atomic mass is 32.2. The molecule has 0 atom stereocenters. The topological polar surface area (TPSA) is 123 Å². The van der Waals surface area contributed by atoms with Gasteiger partial charge in [-0.25, -0.2) is 31.3 Å². The number of alkyl halides is 2. The fraction of sp³-hybridized carbons (Fsp3) is 0.458. The molecule has 2 aromatic heterocycles. The van der Waals surface area contributed by atoms with E-state index >= 15 is 0 Å². The van der Waals surface area contributed by atoms with E-state index < -0.39 is 46.4 Å². The van der Waals surface area contributed by atoms with E-state index in [0.29, 0.717) is 22.6 Å². The number of nitrogens with zero attached hydrogens (tertiary/aromatic N) is 6. The van der Waals surface area contributed by atoms with Gasteiger partial charge in [0.05, 0.1) is 17.4 Å². The van der Waals surface area contributed by atoms with E-state index in [1.165, 1.54) is 16.4 Å². The Morgan fingerprint density at radius 1 is 1.21 bits per heavy atom. The van der Waals surface area contributed by atoms with Gasteiger partial charge >= 0.3 is 0 Å². The molecule has 38 heavy (non-hydrogen) atoms. The smallest absolute Gasteiger partial charge is 0.259 e. The van der Waals surface area contributed by atoms with Gasteiger partial charge < -0.3 is 5.32 Å². The molecule has 5 rings (SSSR count). The number of rotatable bonds is 7. The number of tetrazole rings is 1. The van der Waals surface area contributed by atoms with Gasteiger partial charge in [0.1, 0.15) is 17.3 Å². The molecule has 202 valence electrons. The van der Waals surface area contributed by atoms with Crippen molar-refractivity contribution in [2.24, 2.45) is 5.92 Å². The first-order valence-electron chi connectivity index (χ1n) is 12.2. The first-order chi connectivity index (χ1) is 17.9. The van der Waals surface area contributed by atoms with E-state index in [0.717, 1.165) is 0 Å². The molecule has 3 aromatic rings. The Bertz CT molecular complexity index is 1490. The van der Waals surface area contributed by atoms with Crippen molar-refractivity contribution in [3.63, 3.8) is 0 Å². The Labute approximate surface area is 217 Å². The molecule has 1 aliphatic carbocycles. The number of carbonyl (C=O) groups excluding carboxylic acids is 1. The van der Waals surface area contributed by atoms with Gasteiger partial charge in [-0.1, -0.05) is 6.07 Å². The SMILES string of the molecule is CC(C)n1nnnc1-c1cccc(NC(=O)c2cc3c(cc2F)CCN(S(=O)(=O)CC2CC(F)(F)C2)C3)n1. The van der Waals surface area contributed by atoms with Crippen LogP contribution in [0.1, 0.15) is 54.2 Å². The molecule has 0 bridgehead atoms. The highest BCUT2D eigenvalue weighted by molar-refractivity contribution is 7.89. The second-order valence-corrected chi connectivity index (χ2v) is 12.0. The molecule has 3 heterocycles. The number of pyridine rings is 1. The minimum absolute atomic E-state index is 0.0253. The van der Waals surface area contributed by atoms with Crippen molar-refractivity contribution in [2.75, 3.05) is 17.6 Å². The van der Waals surface area contributed by atoms with Crippen molar-refractivity contribution in [3.05, 3.63) is 52.8 Å². The number of anilines is 1. The van der Waals surface area contributed by atoms with Gasteiger partial charge in [-0.05, 0) is 72.0 Å². The van der Waals surface area contributed by atoms with Crippen molar-refractivity contribution < 1.29 is 26.4 Å². The van der Waals surface area contributed by atoms with Gasteiger partial charge in [-0.3, -0.25) is 4.79 Å². The molecule has 1 fully saturated rings. The van der Waals surface area contributed by atoms with E-state index in [9.17, 15) is 26.4 Å². The largest absolute Gasteiger partial charge is 0.306 e. The van der Waals surface area contributed by atoms with Crippen molar-refractivity contribution in [2.45, 2.75) is 51.6 Å². The van der Waals surface area contributed by atoms with Gasteiger partial charge in [0, 0.05) is 25.9 Å². The Morgan fingerprint density at radius 2 is 1.97 bits per heavy atom. The number of benzene rings is 1. The minimum atomic E-state index is -3.79. The van der Waals surface area contributed by atoms with E-state index in [4.69, 9.17) is 0 Å². The zero-order chi connectivity index (χ0) is 27.2. The number of halogens is 3. The third-order valence-corrected chi connectivity index (χ3v) is 8.72. The number of aromatic nitrogens is 5. The van der Waals surface area contributed by atoms with E-state index in [1.807, 2.05) is 13.8 Å². The number of carbonyl (C=O) groups is 1. The van der Waals surface area contributed by atoms with Crippen molar-refractivity contribution in [3.8, 4) is 11.5 Å². The fourth-order valence-corrected chi connectivity index (χ4v) is 6.54. The zero-order valence-corrected chi connectivity index (χ0v) is 21.6. The Morgan fingerprint density at radius 3 is 2.68 bits per heavy atom. The van der Waals surface area contributed by atoms with Crippen LogP contribution in [-0.2, 0) is 23.0 Å². The van der Waals surface area contributed by atoms with Gasteiger partial charge in [0.2, 0.25) is 21.8 Å². The summed E-state index contributed by atoms with van der Waals surface area (Å²) in [6.45, 7) is 3.87. The normalized spacial score (nSPS) is 17.7. The molecule has 1 aromatic carbocycles. The fourth-order valence-electron chi connectivity index (χ4n) is 4.79. The van der Waals surface area contributed by atoms with Crippen LogP contribution in [0.15, 0.2) is 30.3 Å². The van der Waals surface area contributed by atoms with E-state index in [-0.39, 0.29) is 42.7 Å². The molecular formula is C24H26F3N7O3S. The average molecular weight is 550 g/mol. The van der Waals surface area contributed by atoms with Crippen molar-refractivity contribution in [1.82, 2.24) is 29.5 Å². The third-order valence-electron chi connectivity index (χ3n) is 6.73. The first kappa shape index (κ1) is 26.2. The number of hydrogen-bond acceptors (Lipinski definition) is 7. The maximum absolute atomic E-state index is 14.9. The van der Waals surface area contributed by atoms with Crippen LogP contribution in [0.4, 0.5) is 19.0 Å². The minimum Gasteiger partial charge on any atom is -0.306 e. The second-order valence-electron chi connectivity index (χ2n) is 10.00. The van der Waals surface area contributed by atoms with Crippen LogP contribution >= 0.6 is 0 Å².